The SMILES string of the molecule is Cc1cc(NCc2cc(=O)oc3cc(O)ccc23)ccc1Br. The number of fused-ring (bicyclic) bond motifs is 1. The van der Waals surface area contributed by atoms with Crippen LogP contribution in [0.3, 0.4) is 0 Å². The average molecular weight is 360 g/mol. The maximum Gasteiger partial charge on any atom is 0.336 e. The molecular formula is C17H14BrNO3. The standard InChI is InChI=1S/C17H14BrNO3/c1-10-6-12(2-5-15(10)18)19-9-11-7-17(21)22-16-8-13(20)3-4-14(11)16/h2-8,19-20H,9H2,1H3. The summed E-state index contributed by atoms with van der Waals surface area (Å²) in [5, 5.41) is 13.6. The smallest absolute Gasteiger partial charge is 0.336 e. The minimum Gasteiger partial charge on any atom is -0.508 e. The first kappa shape index (κ1) is 14.7. The average Bonchev–Trinajstić information content (AvgIpc) is 2.47. The van der Waals surface area contributed by atoms with Crippen LogP contribution in [-0.2, 0) is 6.54 Å². The summed E-state index contributed by atoms with van der Waals surface area (Å²) in [6.07, 6.45) is 0. The van der Waals surface area contributed by atoms with Crippen molar-refractivity contribution in [3.63, 3.8) is 0 Å². The summed E-state index contributed by atoms with van der Waals surface area (Å²) in [5.74, 6) is 0.0734. The first-order chi connectivity index (χ1) is 10.5. The van der Waals surface area contributed by atoms with E-state index in [0.717, 1.165) is 26.7 Å². The van der Waals surface area contributed by atoms with Crippen LogP contribution in [0.1, 0.15) is 11.1 Å². The molecule has 4 nitrogen and oxygen atoms in total. The van der Waals surface area contributed by atoms with Crippen molar-refractivity contribution in [3.8, 4) is 5.75 Å². The highest BCUT2D eigenvalue weighted by Gasteiger charge is 2.07. The van der Waals surface area contributed by atoms with Gasteiger partial charge in [0.05, 0.1) is 0 Å². The van der Waals surface area contributed by atoms with E-state index >= 15 is 0 Å². The number of benzene rings is 2. The first-order valence-electron chi connectivity index (χ1n) is 6.79. The molecule has 0 fully saturated rings. The molecule has 0 aliphatic carbocycles. The molecule has 0 radical (unpaired) electrons. The molecule has 112 valence electrons. The van der Waals surface area contributed by atoms with E-state index in [0.29, 0.717) is 12.1 Å². The topological polar surface area (TPSA) is 62.5 Å². The van der Waals surface area contributed by atoms with Crippen molar-refractivity contribution in [2.45, 2.75) is 13.5 Å². The number of rotatable bonds is 3. The summed E-state index contributed by atoms with van der Waals surface area (Å²) in [7, 11) is 0. The zero-order chi connectivity index (χ0) is 15.7. The normalized spacial score (nSPS) is 10.8. The summed E-state index contributed by atoms with van der Waals surface area (Å²) in [6, 6.07) is 12.2. The van der Waals surface area contributed by atoms with Crippen molar-refractivity contribution in [3.05, 3.63) is 68.5 Å². The van der Waals surface area contributed by atoms with Gasteiger partial charge < -0.3 is 14.8 Å². The lowest BCUT2D eigenvalue weighted by molar-refractivity contribution is 0.473. The van der Waals surface area contributed by atoms with Gasteiger partial charge in [-0.05, 0) is 48.4 Å². The monoisotopic (exact) mass is 359 g/mol. The van der Waals surface area contributed by atoms with Gasteiger partial charge in [-0.3, -0.25) is 0 Å². The van der Waals surface area contributed by atoms with Gasteiger partial charge in [0, 0.05) is 34.2 Å². The summed E-state index contributed by atoms with van der Waals surface area (Å²) in [4.78, 5) is 11.6. The number of aryl methyl sites for hydroxylation is 1. The summed E-state index contributed by atoms with van der Waals surface area (Å²) >= 11 is 3.47. The van der Waals surface area contributed by atoms with Crippen molar-refractivity contribution in [2.24, 2.45) is 0 Å². The summed E-state index contributed by atoms with van der Waals surface area (Å²) in [5.41, 5.74) is 2.89. The van der Waals surface area contributed by atoms with E-state index in [1.807, 2.05) is 25.1 Å². The van der Waals surface area contributed by atoms with Gasteiger partial charge in [0.25, 0.3) is 0 Å². The third-order valence-corrected chi connectivity index (χ3v) is 4.34. The Labute approximate surface area is 135 Å². The number of aromatic hydroxyl groups is 1. The fourth-order valence-corrected chi connectivity index (χ4v) is 2.56. The molecule has 0 saturated carbocycles. The molecule has 1 heterocycles. The Morgan fingerprint density at radius 1 is 1.18 bits per heavy atom. The third-order valence-electron chi connectivity index (χ3n) is 3.45. The molecule has 0 saturated heterocycles. The molecule has 0 bridgehead atoms. The molecule has 0 amide bonds. The van der Waals surface area contributed by atoms with Crippen LogP contribution >= 0.6 is 15.9 Å². The van der Waals surface area contributed by atoms with Gasteiger partial charge >= 0.3 is 5.63 Å². The molecule has 2 N–H and O–H groups in total. The number of nitrogens with one attached hydrogen (secondary N) is 1. The van der Waals surface area contributed by atoms with Crippen molar-refractivity contribution in [1.82, 2.24) is 0 Å². The summed E-state index contributed by atoms with van der Waals surface area (Å²) in [6.45, 7) is 2.51. The molecule has 0 atom stereocenters. The van der Waals surface area contributed by atoms with Crippen LogP contribution in [0.25, 0.3) is 11.0 Å². The maximum absolute atomic E-state index is 11.6. The fraction of sp³-hybridized carbons (Fsp3) is 0.118. The van der Waals surface area contributed by atoms with Gasteiger partial charge in [-0.15, -0.1) is 0 Å². The number of phenolic OH excluding ortho intramolecular Hbond substituents is 1. The molecular weight excluding hydrogens is 346 g/mol. The van der Waals surface area contributed by atoms with E-state index < -0.39 is 5.63 Å². The van der Waals surface area contributed by atoms with Crippen LogP contribution in [0.2, 0.25) is 0 Å². The van der Waals surface area contributed by atoms with Crippen molar-refractivity contribution in [2.75, 3.05) is 5.32 Å². The van der Waals surface area contributed by atoms with Crippen LogP contribution in [0.4, 0.5) is 5.69 Å². The van der Waals surface area contributed by atoms with Crippen LogP contribution in [0.5, 0.6) is 5.75 Å². The zero-order valence-corrected chi connectivity index (χ0v) is 13.5. The van der Waals surface area contributed by atoms with Gasteiger partial charge in [0.1, 0.15) is 11.3 Å². The predicted molar refractivity (Wildman–Crippen MR) is 90.4 cm³/mol. The molecule has 3 rings (SSSR count). The van der Waals surface area contributed by atoms with Crippen molar-refractivity contribution >= 4 is 32.6 Å². The second-order valence-corrected chi connectivity index (χ2v) is 5.94. The highest BCUT2D eigenvalue weighted by atomic mass is 79.9. The van der Waals surface area contributed by atoms with E-state index in [4.69, 9.17) is 4.42 Å². The van der Waals surface area contributed by atoms with Gasteiger partial charge in [-0.25, -0.2) is 4.79 Å². The van der Waals surface area contributed by atoms with Crippen LogP contribution in [-0.4, -0.2) is 5.11 Å². The van der Waals surface area contributed by atoms with E-state index in [-0.39, 0.29) is 5.75 Å². The number of halogens is 1. The Morgan fingerprint density at radius 3 is 2.77 bits per heavy atom. The number of anilines is 1. The van der Waals surface area contributed by atoms with Crippen molar-refractivity contribution in [1.29, 1.82) is 0 Å². The van der Waals surface area contributed by atoms with E-state index in [9.17, 15) is 9.90 Å². The van der Waals surface area contributed by atoms with E-state index in [1.165, 1.54) is 12.1 Å². The van der Waals surface area contributed by atoms with Gasteiger partial charge in [0.2, 0.25) is 0 Å². The van der Waals surface area contributed by atoms with Crippen LogP contribution < -0.4 is 10.9 Å². The zero-order valence-electron chi connectivity index (χ0n) is 11.9. The van der Waals surface area contributed by atoms with Gasteiger partial charge in [-0.2, -0.15) is 0 Å². The van der Waals surface area contributed by atoms with Crippen molar-refractivity contribution < 1.29 is 9.52 Å². The lowest BCUT2D eigenvalue weighted by Crippen LogP contribution is -2.05. The Kier molecular flexibility index (Phi) is 3.90. The maximum atomic E-state index is 11.6. The van der Waals surface area contributed by atoms with Gasteiger partial charge in [0.15, 0.2) is 0 Å². The molecule has 0 aliphatic rings. The van der Waals surface area contributed by atoms with Crippen LogP contribution in [0.15, 0.2) is 56.1 Å². The van der Waals surface area contributed by atoms with Crippen LogP contribution in [0, 0.1) is 6.92 Å². The molecule has 0 unspecified atom stereocenters. The number of hydrogen-bond acceptors (Lipinski definition) is 4. The molecule has 1 aromatic heterocycles. The lowest BCUT2D eigenvalue weighted by atomic mass is 10.1. The largest absolute Gasteiger partial charge is 0.508 e. The minimum absolute atomic E-state index is 0.0734. The van der Waals surface area contributed by atoms with Gasteiger partial charge in [-0.1, -0.05) is 15.9 Å². The molecule has 2 aromatic carbocycles. The molecule has 22 heavy (non-hydrogen) atoms. The lowest BCUT2D eigenvalue weighted by Gasteiger charge is -2.10. The second kappa shape index (κ2) is 5.85. The fourth-order valence-electron chi connectivity index (χ4n) is 2.32. The highest BCUT2D eigenvalue weighted by molar-refractivity contribution is 9.10. The highest BCUT2D eigenvalue weighted by Crippen LogP contribution is 2.24. The Hall–Kier alpha value is -2.27. The second-order valence-electron chi connectivity index (χ2n) is 5.09. The molecule has 5 heteroatoms. The third kappa shape index (κ3) is 2.99. The molecule has 3 aromatic rings. The van der Waals surface area contributed by atoms with E-state index in [2.05, 4.69) is 21.2 Å². The number of hydrogen-bond donors (Lipinski definition) is 2. The number of phenols is 1. The summed E-state index contributed by atoms with van der Waals surface area (Å²) < 4.78 is 6.18. The quantitative estimate of drug-likeness (QED) is 0.688. The molecule has 0 spiro atoms. The Morgan fingerprint density at radius 2 is 2.00 bits per heavy atom. The Bertz CT molecular complexity index is 902. The van der Waals surface area contributed by atoms with E-state index in [1.54, 1.807) is 12.1 Å². The Balaban J connectivity index is 1.93. The molecule has 0 aliphatic heterocycles. The minimum atomic E-state index is -0.429. The predicted octanol–water partition coefficient (Wildman–Crippen LogP) is 4.18. The first-order valence-corrected chi connectivity index (χ1v) is 7.58.